The van der Waals surface area contributed by atoms with E-state index in [0.29, 0.717) is 5.69 Å². The van der Waals surface area contributed by atoms with E-state index in [1.807, 2.05) is 0 Å². The van der Waals surface area contributed by atoms with Crippen LogP contribution in [0, 0.1) is 0 Å². The maximum atomic E-state index is 12.1. The van der Waals surface area contributed by atoms with Gasteiger partial charge in [-0.1, -0.05) is 6.07 Å². The van der Waals surface area contributed by atoms with Crippen LogP contribution in [0.4, 0.5) is 23.7 Å². The SMILES string of the molecule is O=C(NCc1cccnc1)Nc1ccc(OC(F)(F)F)cc1Br. The summed E-state index contributed by atoms with van der Waals surface area (Å²) in [5.41, 5.74) is 1.12. The van der Waals surface area contributed by atoms with Gasteiger partial charge in [0.15, 0.2) is 0 Å². The van der Waals surface area contributed by atoms with Gasteiger partial charge in [0.1, 0.15) is 5.75 Å². The molecule has 23 heavy (non-hydrogen) atoms. The number of pyridine rings is 1. The molecule has 0 unspecified atom stereocenters. The highest BCUT2D eigenvalue weighted by Gasteiger charge is 2.31. The lowest BCUT2D eigenvalue weighted by Gasteiger charge is -2.12. The van der Waals surface area contributed by atoms with E-state index in [-0.39, 0.29) is 16.8 Å². The molecule has 2 N–H and O–H groups in total. The van der Waals surface area contributed by atoms with E-state index < -0.39 is 12.4 Å². The molecule has 0 aliphatic heterocycles. The van der Waals surface area contributed by atoms with Crippen LogP contribution in [0.2, 0.25) is 0 Å². The Hall–Kier alpha value is -2.29. The maximum Gasteiger partial charge on any atom is 0.573 e. The van der Waals surface area contributed by atoms with Gasteiger partial charge in [-0.15, -0.1) is 13.2 Å². The predicted molar refractivity (Wildman–Crippen MR) is 80.9 cm³/mol. The predicted octanol–water partition coefficient (Wildman–Crippen LogP) is 4.06. The van der Waals surface area contributed by atoms with Gasteiger partial charge in [0.2, 0.25) is 0 Å². The third-order valence-electron chi connectivity index (χ3n) is 2.60. The van der Waals surface area contributed by atoms with Crippen LogP contribution in [0.15, 0.2) is 47.2 Å². The summed E-state index contributed by atoms with van der Waals surface area (Å²) in [5, 5.41) is 5.12. The number of carbonyl (C=O) groups excluding carboxylic acids is 1. The minimum absolute atomic E-state index is 0.260. The number of amides is 2. The number of benzene rings is 1. The molecule has 122 valence electrons. The van der Waals surface area contributed by atoms with Crippen LogP contribution in [-0.2, 0) is 6.54 Å². The highest BCUT2D eigenvalue weighted by Crippen LogP contribution is 2.30. The van der Waals surface area contributed by atoms with Crippen molar-refractivity contribution in [2.24, 2.45) is 0 Å². The lowest BCUT2D eigenvalue weighted by Crippen LogP contribution is -2.28. The maximum absolute atomic E-state index is 12.1. The second kappa shape index (κ2) is 7.32. The highest BCUT2D eigenvalue weighted by atomic mass is 79.9. The van der Waals surface area contributed by atoms with E-state index in [4.69, 9.17) is 0 Å². The number of carbonyl (C=O) groups is 1. The van der Waals surface area contributed by atoms with E-state index >= 15 is 0 Å². The number of alkyl halides is 3. The van der Waals surface area contributed by atoms with Crippen LogP contribution < -0.4 is 15.4 Å². The monoisotopic (exact) mass is 389 g/mol. The van der Waals surface area contributed by atoms with Crippen LogP contribution in [0.25, 0.3) is 0 Å². The number of rotatable bonds is 4. The zero-order chi connectivity index (χ0) is 16.9. The molecule has 1 aromatic heterocycles. The third kappa shape index (κ3) is 5.78. The Morgan fingerprint density at radius 2 is 2.09 bits per heavy atom. The standard InChI is InChI=1S/C14H11BrF3N3O2/c15-11-6-10(23-14(16,17)18)3-4-12(11)21-13(22)20-8-9-2-1-5-19-7-9/h1-7H,8H2,(H2,20,21,22). The molecule has 0 radical (unpaired) electrons. The van der Waals surface area contributed by atoms with Crippen LogP contribution in [-0.4, -0.2) is 17.4 Å². The number of halogens is 4. The molecule has 2 aromatic rings. The van der Waals surface area contributed by atoms with Gasteiger partial charge < -0.3 is 15.4 Å². The van der Waals surface area contributed by atoms with Crippen LogP contribution in [0.5, 0.6) is 5.75 Å². The summed E-state index contributed by atoms with van der Waals surface area (Å²) in [5.74, 6) is -0.384. The second-order valence-electron chi connectivity index (χ2n) is 4.36. The molecule has 0 atom stereocenters. The molecule has 9 heteroatoms. The Balaban J connectivity index is 1.93. The Labute approximate surface area is 138 Å². The van der Waals surface area contributed by atoms with E-state index in [0.717, 1.165) is 17.7 Å². The molecule has 0 saturated carbocycles. The minimum Gasteiger partial charge on any atom is -0.406 e. The quantitative estimate of drug-likeness (QED) is 0.828. The number of hydrogen-bond donors (Lipinski definition) is 2. The van der Waals surface area contributed by atoms with Gasteiger partial charge in [-0.3, -0.25) is 4.98 Å². The smallest absolute Gasteiger partial charge is 0.406 e. The minimum atomic E-state index is -4.77. The first-order valence-corrected chi connectivity index (χ1v) is 7.12. The number of nitrogens with one attached hydrogen (secondary N) is 2. The van der Waals surface area contributed by atoms with E-state index in [2.05, 4.69) is 36.3 Å². The Bertz CT molecular complexity index is 681. The molecule has 2 amide bonds. The summed E-state index contributed by atoms with van der Waals surface area (Å²) < 4.78 is 40.4. The van der Waals surface area contributed by atoms with Crippen molar-refractivity contribution in [3.8, 4) is 5.75 Å². The van der Waals surface area contributed by atoms with Crippen LogP contribution in [0.1, 0.15) is 5.56 Å². The second-order valence-corrected chi connectivity index (χ2v) is 5.21. The van der Waals surface area contributed by atoms with Gasteiger partial charge >= 0.3 is 12.4 Å². The van der Waals surface area contributed by atoms with Gasteiger partial charge in [-0.05, 0) is 45.8 Å². The topological polar surface area (TPSA) is 63.2 Å². The number of nitrogens with zero attached hydrogens (tertiary/aromatic N) is 1. The number of aromatic nitrogens is 1. The van der Waals surface area contributed by atoms with E-state index in [1.54, 1.807) is 24.5 Å². The van der Waals surface area contributed by atoms with Crippen molar-refractivity contribution in [3.63, 3.8) is 0 Å². The lowest BCUT2D eigenvalue weighted by atomic mass is 10.3. The van der Waals surface area contributed by atoms with E-state index in [9.17, 15) is 18.0 Å². The van der Waals surface area contributed by atoms with Gasteiger partial charge in [0.25, 0.3) is 0 Å². The van der Waals surface area contributed by atoms with Crippen LogP contribution >= 0.6 is 15.9 Å². The molecule has 0 spiro atoms. The van der Waals surface area contributed by atoms with Crippen molar-refractivity contribution in [3.05, 3.63) is 52.8 Å². The fraction of sp³-hybridized carbons (Fsp3) is 0.143. The van der Waals surface area contributed by atoms with E-state index in [1.165, 1.54) is 6.07 Å². The van der Waals surface area contributed by atoms with Crippen molar-refractivity contribution < 1.29 is 22.7 Å². The van der Waals surface area contributed by atoms with Crippen molar-refractivity contribution in [2.75, 3.05) is 5.32 Å². The lowest BCUT2D eigenvalue weighted by molar-refractivity contribution is -0.274. The largest absolute Gasteiger partial charge is 0.573 e. The Morgan fingerprint density at radius 3 is 2.70 bits per heavy atom. The summed E-state index contributed by atoms with van der Waals surface area (Å²) in [6, 6.07) is 6.56. The molecule has 0 bridgehead atoms. The molecule has 0 saturated heterocycles. The molecule has 0 aliphatic rings. The van der Waals surface area contributed by atoms with Crippen molar-refractivity contribution in [2.45, 2.75) is 12.9 Å². The zero-order valence-corrected chi connectivity index (χ0v) is 13.1. The zero-order valence-electron chi connectivity index (χ0n) is 11.5. The summed E-state index contributed by atoms with van der Waals surface area (Å²) in [6.45, 7) is 0.270. The Morgan fingerprint density at radius 1 is 1.30 bits per heavy atom. The molecule has 1 heterocycles. The first-order valence-electron chi connectivity index (χ1n) is 6.32. The molecule has 1 aromatic carbocycles. The fourth-order valence-corrected chi connectivity index (χ4v) is 2.10. The summed E-state index contributed by atoms with van der Waals surface area (Å²) in [4.78, 5) is 15.7. The molecular formula is C14H11BrF3N3O2. The summed E-state index contributed by atoms with van der Waals surface area (Å²) in [6.07, 6.45) is -1.54. The van der Waals surface area contributed by atoms with Gasteiger partial charge in [-0.25, -0.2) is 4.79 Å². The van der Waals surface area contributed by atoms with Crippen molar-refractivity contribution in [1.82, 2.24) is 10.3 Å². The number of hydrogen-bond acceptors (Lipinski definition) is 3. The van der Waals surface area contributed by atoms with Gasteiger partial charge in [0, 0.05) is 23.4 Å². The summed E-state index contributed by atoms with van der Waals surface area (Å²) in [7, 11) is 0. The Kier molecular flexibility index (Phi) is 5.43. The normalized spacial score (nSPS) is 11.0. The first kappa shape index (κ1) is 17.1. The van der Waals surface area contributed by atoms with Gasteiger partial charge in [-0.2, -0.15) is 0 Å². The van der Waals surface area contributed by atoms with Crippen molar-refractivity contribution >= 4 is 27.6 Å². The number of anilines is 1. The average Bonchev–Trinajstić information content (AvgIpc) is 2.47. The van der Waals surface area contributed by atoms with Gasteiger partial charge in [0.05, 0.1) is 5.69 Å². The first-order chi connectivity index (χ1) is 10.8. The molecule has 5 nitrogen and oxygen atoms in total. The molecule has 0 aliphatic carbocycles. The highest BCUT2D eigenvalue weighted by molar-refractivity contribution is 9.10. The molecule has 0 fully saturated rings. The third-order valence-corrected chi connectivity index (χ3v) is 3.25. The average molecular weight is 390 g/mol. The number of ether oxygens (including phenoxy) is 1. The number of urea groups is 1. The van der Waals surface area contributed by atoms with Crippen molar-refractivity contribution in [1.29, 1.82) is 0 Å². The molecular weight excluding hydrogens is 379 g/mol. The summed E-state index contributed by atoms with van der Waals surface area (Å²) >= 11 is 3.08. The fourth-order valence-electron chi connectivity index (χ4n) is 1.65. The van der Waals surface area contributed by atoms with Crippen LogP contribution in [0.3, 0.4) is 0 Å². The molecule has 2 rings (SSSR count).